The van der Waals surface area contributed by atoms with Gasteiger partial charge in [0.05, 0.1) is 13.5 Å². The number of carbonyl (C=O) groups excluding carboxylic acids is 2. The molecule has 1 aromatic heterocycles. The van der Waals surface area contributed by atoms with Gasteiger partial charge in [-0.2, -0.15) is 5.10 Å². The standard InChI is InChI=1S/C21H22N4O3/c1-25-19(23-20(26)12-15-8-4-3-5-9-15)13-17(24-25)21(27)22-14-16-10-6-7-11-18(16)28-2/h3-11,13H,12,14H2,1-2H3,(H,22,27)(H,23,26). The normalized spacial score (nSPS) is 10.4. The molecule has 3 rings (SSSR count). The summed E-state index contributed by atoms with van der Waals surface area (Å²) >= 11 is 0. The van der Waals surface area contributed by atoms with Crippen LogP contribution < -0.4 is 15.4 Å². The molecule has 2 aromatic carbocycles. The van der Waals surface area contributed by atoms with E-state index in [1.165, 1.54) is 4.68 Å². The van der Waals surface area contributed by atoms with Gasteiger partial charge in [-0.25, -0.2) is 0 Å². The molecule has 0 aliphatic heterocycles. The Morgan fingerprint density at radius 3 is 2.54 bits per heavy atom. The van der Waals surface area contributed by atoms with E-state index < -0.39 is 0 Å². The first-order valence-electron chi connectivity index (χ1n) is 8.84. The monoisotopic (exact) mass is 378 g/mol. The van der Waals surface area contributed by atoms with Crippen LogP contribution >= 0.6 is 0 Å². The lowest BCUT2D eigenvalue weighted by Crippen LogP contribution is -2.23. The topological polar surface area (TPSA) is 85.3 Å². The summed E-state index contributed by atoms with van der Waals surface area (Å²) in [5, 5.41) is 9.79. The van der Waals surface area contributed by atoms with E-state index in [1.807, 2.05) is 54.6 Å². The van der Waals surface area contributed by atoms with Crippen LogP contribution in [0.1, 0.15) is 21.6 Å². The van der Waals surface area contributed by atoms with Crippen molar-refractivity contribution in [3.8, 4) is 5.75 Å². The molecular formula is C21H22N4O3. The van der Waals surface area contributed by atoms with Crippen molar-refractivity contribution < 1.29 is 14.3 Å². The quantitative estimate of drug-likeness (QED) is 0.662. The van der Waals surface area contributed by atoms with Crippen LogP contribution in [0.5, 0.6) is 5.75 Å². The number of carbonyl (C=O) groups is 2. The number of rotatable bonds is 7. The van der Waals surface area contributed by atoms with Gasteiger partial charge in [-0.05, 0) is 11.6 Å². The van der Waals surface area contributed by atoms with Gasteiger partial charge in [0.25, 0.3) is 5.91 Å². The second-order valence-corrected chi connectivity index (χ2v) is 6.24. The third kappa shape index (κ3) is 4.76. The van der Waals surface area contributed by atoms with Crippen LogP contribution in [0.4, 0.5) is 5.82 Å². The Labute approximate surface area is 163 Å². The number of ether oxygens (including phenoxy) is 1. The molecule has 28 heavy (non-hydrogen) atoms. The maximum Gasteiger partial charge on any atom is 0.272 e. The highest BCUT2D eigenvalue weighted by atomic mass is 16.5. The first kappa shape index (κ1) is 19.2. The fourth-order valence-corrected chi connectivity index (χ4v) is 2.78. The van der Waals surface area contributed by atoms with Gasteiger partial charge in [-0.3, -0.25) is 14.3 Å². The van der Waals surface area contributed by atoms with Crippen molar-refractivity contribution in [1.29, 1.82) is 0 Å². The summed E-state index contributed by atoms with van der Waals surface area (Å²) in [7, 11) is 3.26. The van der Waals surface area contributed by atoms with Gasteiger partial charge in [0.2, 0.25) is 5.91 Å². The highest BCUT2D eigenvalue weighted by Crippen LogP contribution is 2.17. The van der Waals surface area contributed by atoms with Crippen LogP contribution in [0.2, 0.25) is 0 Å². The molecule has 0 saturated carbocycles. The van der Waals surface area contributed by atoms with Crippen molar-refractivity contribution >= 4 is 17.6 Å². The highest BCUT2D eigenvalue weighted by Gasteiger charge is 2.15. The lowest BCUT2D eigenvalue weighted by molar-refractivity contribution is -0.115. The molecule has 7 nitrogen and oxygen atoms in total. The van der Waals surface area contributed by atoms with Crippen molar-refractivity contribution in [1.82, 2.24) is 15.1 Å². The maximum atomic E-state index is 12.4. The average molecular weight is 378 g/mol. The van der Waals surface area contributed by atoms with E-state index in [9.17, 15) is 9.59 Å². The lowest BCUT2D eigenvalue weighted by Gasteiger charge is -2.08. The number of amides is 2. The fourth-order valence-electron chi connectivity index (χ4n) is 2.78. The number of hydrogen-bond donors (Lipinski definition) is 2. The van der Waals surface area contributed by atoms with Crippen molar-refractivity contribution in [2.75, 3.05) is 12.4 Å². The number of aromatic nitrogens is 2. The highest BCUT2D eigenvalue weighted by molar-refractivity contribution is 5.96. The number of aryl methyl sites for hydroxylation is 1. The Morgan fingerprint density at radius 1 is 1.07 bits per heavy atom. The van der Waals surface area contributed by atoms with Crippen LogP contribution in [0, 0.1) is 0 Å². The average Bonchev–Trinajstić information content (AvgIpc) is 3.07. The molecule has 0 aliphatic rings. The molecule has 0 fully saturated rings. The zero-order valence-electron chi connectivity index (χ0n) is 15.8. The third-order valence-corrected chi connectivity index (χ3v) is 4.22. The number of nitrogens with zero attached hydrogens (tertiary/aromatic N) is 2. The Bertz CT molecular complexity index is 967. The van der Waals surface area contributed by atoms with Gasteiger partial charge in [0.15, 0.2) is 5.69 Å². The van der Waals surface area contributed by atoms with E-state index in [2.05, 4.69) is 15.7 Å². The molecule has 2 N–H and O–H groups in total. The second-order valence-electron chi connectivity index (χ2n) is 6.24. The van der Waals surface area contributed by atoms with Gasteiger partial charge < -0.3 is 15.4 Å². The Morgan fingerprint density at radius 2 is 1.79 bits per heavy atom. The first-order chi connectivity index (χ1) is 13.6. The fraction of sp³-hybridized carbons (Fsp3) is 0.190. The molecule has 0 radical (unpaired) electrons. The van der Waals surface area contributed by atoms with E-state index in [0.29, 0.717) is 18.1 Å². The SMILES string of the molecule is COc1ccccc1CNC(=O)c1cc(NC(=O)Cc2ccccc2)n(C)n1. The number of anilines is 1. The van der Waals surface area contributed by atoms with Gasteiger partial charge in [-0.15, -0.1) is 0 Å². The molecule has 0 bridgehead atoms. The summed E-state index contributed by atoms with van der Waals surface area (Å²) in [5.74, 6) is 0.668. The third-order valence-electron chi connectivity index (χ3n) is 4.22. The van der Waals surface area contributed by atoms with Crippen LogP contribution in [0.3, 0.4) is 0 Å². The Balaban J connectivity index is 1.61. The number of para-hydroxylation sites is 1. The van der Waals surface area contributed by atoms with Crippen LogP contribution in [-0.4, -0.2) is 28.7 Å². The molecule has 0 atom stereocenters. The molecule has 0 unspecified atom stereocenters. The van der Waals surface area contributed by atoms with Crippen molar-refractivity contribution in [3.05, 3.63) is 77.5 Å². The molecule has 0 spiro atoms. The molecule has 0 aliphatic carbocycles. The summed E-state index contributed by atoms with van der Waals surface area (Å²) in [6, 6.07) is 18.5. The summed E-state index contributed by atoms with van der Waals surface area (Å²) < 4.78 is 6.75. The van der Waals surface area contributed by atoms with Crippen LogP contribution in [0.15, 0.2) is 60.7 Å². The number of methoxy groups -OCH3 is 1. The molecule has 7 heteroatoms. The first-order valence-corrected chi connectivity index (χ1v) is 8.84. The molecular weight excluding hydrogens is 356 g/mol. The second kappa shape index (κ2) is 8.85. The largest absolute Gasteiger partial charge is 0.496 e. The summed E-state index contributed by atoms with van der Waals surface area (Å²) in [6.45, 7) is 0.315. The Hall–Kier alpha value is -3.61. The van der Waals surface area contributed by atoms with E-state index in [0.717, 1.165) is 11.1 Å². The van der Waals surface area contributed by atoms with Crippen molar-refractivity contribution in [2.45, 2.75) is 13.0 Å². The van der Waals surface area contributed by atoms with Crippen molar-refractivity contribution in [2.24, 2.45) is 7.05 Å². The summed E-state index contributed by atoms with van der Waals surface area (Å²) in [6.07, 6.45) is 0.251. The lowest BCUT2D eigenvalue weighted by atomic mass is 10.1. The number of hydrogen-bond acceptors (Lipinski definition) is 4. The molecule has 1 heterocycles. The maximum absolute atomic E-state index is 12.4. The number of nitrogens with one attached hydrogen (secondary N) is 2. The van der Waals surface area contributed by atoms with Crippen LogP contribution in [-0.2, 0) is 24.8 Å². The minimum absolute atomic E-state index is 0.171. The Kier molecular flexibility index (Phi) is 6.06. The van der Waals surface area contributed by atoms with E-state index in [4.69, 9.17) is 4.74 Å². The van der Waals surface area contributed by atoms with Crippen molar-refractivity contribution in [3.63, 3.8) is 0 Å². The minimum Gasteiger partial charge on any atom is -0.496 e. The smallest absolute Gasteiger partial charge is 0.272 e. The van der Waals surface area contributed by atoms with E-state index in [1.54, 1.807) is 20.2 Å². The molecule has 3 aromatic rings. The van der Waals surface area contributed by atoms with Gasteiger partial charge in [0, 0.05) is 25.2 Å². The molecule has 2 amide bonds. The summed E-state index contributed by atoms with van der Waals surface area (Å²) in [5.41, 5.74) is 2.01. The predicted molar refractivity (Wildman–Crippen MR) is 106 cm³/mol. The predicted octanol–water partition coefficient (Wildman–Crippen LogP) is 2.54. The van der Waals surface area contributed by atoms with Gasteiger partial charge >= 0.3 is 0 Å². The van der Waals surface area contributed by atoms with E-state index >= 15 is 0 Å². The molecule has 0 saturated heterocycles. The van der Waals surface area contributed by atoms with E-state index in [-0.39, 0.29) is 23.9 Å². The minimum atomic E-state index is -0.329. The zero-order valence-corrected chi connectivity index (χ0v) is 15.8. The molecule has 144 valence electrons. The van der Waals surface area contributed by atoms with Gasteiger partial charge in [0.1, 0.15) is 11.6 Å². The number of benzene rings is 2. The zero-order chi connectivity index (χ0) is 19.9. The summed E-state index contributed by atoms with van der Waals surface area (Å²) in [4.78, 5) is 24.6. The van der Waals surface area contributed by atoms with Crippen LogP contribution in [0.25, 0.3) is 0 Å². The van der Waals surface area contributed by atoms with Gasteiger partial charge in [-0.1, -0.05) is 48.5 Å².